The van der Waals surface area contributed by atoms with Gasteiger partial charge in [-0.05, 0) is 24.0 Å². The number of aliphatic hydroxyl groups excluding tert-OH is 1. The number of unbranched alkanes of at least 4 members (excludes halogenated alkanes) is 1. The molecule has 0 aliphatic rings. The number of hydrogen-bond donors (Lipinski definition) is 1. The van der Waals surface area contributed by atoms with Gasteiger partial charge in [-0.3, -0.25) is 0 Å². The highest BCUT2D eigenvalue weighted by atomic mass is 19.3. The molecule has 2 unspecified atom stereocenters. The van der Waals surface area contributed by atoms with Crippen LogP contribution in [-0.2, 0) is 0 Å². The third kappa shape index (κ3) is 5.27. The summed E-state index contributed by atoms with van der Waals surface area (Å²) in [5.41, 5.74) is 0.589. The number of halogens is 2. The second kappa shape index (κ2) is 8.26. The van der Waals surface area contributed by atoms with Crippen LogP contribution in [0.4, 0.5) is 8.78 Å². The fraction of sp³-hybridized carbons (Fsp3) is 0.625. The molecule has 0 saturated carbocycles. The molecule has 0 amide bonds. The van der Waals surface area contributed by atoms with E-state index in [1.54, 1.807) is 12.1 Å². The van der Waals surface area contributed by atoms with Gasteiger partial charge in [0.2, 0.25) is 0 Å². The molecule has 108 valence electrons. The van der Waals surface area contributed by atoms with Crippen molar-refractivity contribution in [2.45, 2.75) is 58.5 Å². The molecule has 1 N–H and O–H groups in total. The third-order valence-corrected chi connectivity index (χ3v) is 3.65. The van der Waals surface area contributed by atoms with Crippen molar-refractivity contribution in [1.82, 2.24) is 0 Å². The molecule has 0 aliphatic carbocycles. The third-order valence-electron chi connectivity index (χ3n) is 3.65. The zero-order valence-electron chi connectivity index (χ0n) is 11.8. The van der Waals surface area contributed by atoms with E-state index in [0.29, 0.717) is 17.9 Å². The van der Waals surface area contributed by atoms with Gasteiger partial charge in [0.05, 0.1) is 6.10 Å². The van der Waals surface area contributed by atoms with Crippen LogP contribution in [0.2, 0.25) is 0 Å². The lowest BCUT2D eigenvalue weighted by molar-refractivity contribution is 0.136. The first-order chi connectivity index (χ1) is 9.08. The van der Waals surface area contributed by atoms with Crippen LogP contribution in [0.15, 0.2) is 24.3 Å². The fourth-order valence-corrected chi connectivity index (χ4v) is 2.34. The fourth-order valence-electron chi connectivity index (χ4n) is 2.34. The molecule has 1 rings (SSSR count). The van der Waals surface area contributed by atoms with Crippen molar-refractivity contribution >= 4 is 0 Å². The van der Waals surface area contributed by atoms with Gasteiger partial charge in [0, 0.05) is 5.56 Å². The molecule has 0 aromatic heterocycles. The maximum atomic E-state index is 12.6. The van der Waals surface area contributed by atoms with Crippen molar-refractivity contribution < 1.29 is 13.9 Å². The molecule has 0 fully saturated rings. The van der Waals surface area contributed by atoms with E-state index in [2.05, 4.69) is 13.8 Å². The molecule has 1 aromatic rings. The Labute approximate surface area is 114 Å². The van der Waals surface area contributed by atoms with Crippen LogP contribution in [0.25, 0.3) is 0 Å². The molecule has 0 radical (unpaired) electrons. The van der Waals surface area contributed by atoms with Gasteiger partial charge in [-0.25, -0.2) is 8.78 Å². The van der Waals surface area contributed by atoms with Crippen LogP contribution in [0.5, 0.6) is 0 Å². The molecule has 1 aromatic carbocycles. The molecule has 3 heteroatoms. The highest BCUT2D eigenvalue weighted by Crippen LogP contribution is 2.28. The molecular formula is C16H24F2O. The summed E-state index contributed by atoms with van der Waals surface area (Å²) >= 11 is 0. The predicted octanol–water partition coefficient (Wildman–Crippen LogP) is 5.26. The summed E-state index contributed by atoms with van der Waals surface area (Å²) in [6.45, 7) is 4.26. The highest BCUT2D eigenvalue weighted by Gasteiger charge is 2.16. The first-order valence-electron chi connectivity index (χ1n) is 7.14. The molecule has 0 saturated heterocycles. The lowest BCUT2D eigenvalue weighted by atomic mass is 9.90. The molecule has 1 nitrogen and oxygen atoms in total. The first-order valence-corrected chi connectivity index (χ1v) is 7.14. The van der Waals surface area contributed by atoms with Gasteiger partial charge in [-0.1, -0.05) is 57.7 Å². The zero-order valence-corrected chi connectivity index (χ0v) is 11.8. The molecular weight excluding hydrogens is 246 g/mol. The summed E-state index contributed by atoms with van der Waals surface area (Å²) in [7, 11) is 0. The molecule has 0 bridgehead atoms. The van der Waals surface area contributed by atoms with E-state index < -0.39 is 12.5 Å². The molecule has 0 heterocycles. The lowest BCUT2D eigenvalue weighted by Gasteiger charge is -2.19. The smallest absolute Gasteiger partial charge is 0.263 e. The zero-order chi connectivity index (χ0) is 14.3. The van der Waals surface area contributed by atoms with Crippen molar-refractivity contribution in [2.75, 3.05) is 0 Å². The van der Waals surface area contributed by atoms with Crippen LogP contribution in [0, 0.1) is 5.92 Å². The van der Waals surface area contributed by atoms with Gasteiger partial charge in [-0.15, -0.1) is 0 Å². The SMILES string of the molecule is CCCCC(CC)CC(O)c1cccc(C(F)F)c1. The van der Waals surface area contributed by atoms with Gasteiger partial charge >= 0.3 is 0 Å². The van der Waals surface area contributed by atoms with Gasteiger partial charge in [0.25, 0.3) is 6.43 Å². The Bertz CT molecular complexity index is 366. The Hall–Kier alpha value is -0.960. The number of benzene rings is 1. The van der Waals surface area contributed by atoms with Crippen LogP contribution in [0.3, 0.4) is 0 Å². The monoisotopic (exact) mass is 270 g/mol. The molecule has 2 atom stereocenters. The normalized spacial score (nSPS) is 14.6. The van der Waals surface area contributed by atoms with Crippen LogP contribution in [0.1, 0.15) is 69.6 Å². The largest absolute Gasteiger partial charge is 0.388 e. The average Bonchev–Trinajstić information content (AvgIpc) is 2.43. The Morgan fingerprint density at radius 2 is 1.84 bits per heavy atom. The minimum Gasteiger partial charge on any atom is -0.388 e. The summed E-state index contributed by atoms with van der Waals surface area (Å²) < 4.78 is 25.2. The lowest BCUT2D eigenvalue weighted by Crippen LogP contribution is -2.07. The van der Waals surface area contributed by atoms with E-state index in [1.165, 1.54) is 12.1 Å². The summed E-state index contributed by atoms with van der Waals surface area (Å²) in [4.78, 5) is 0. The maximum absolute atomic E-state index is 12.6. The Morgan fingerprint density at radius 1 is 1.16 bits per heavy atom. The van der Waals surface area contributed by atoms with Gasteiger partial charge in [-0.2, -0.15) is 0 Å². The van der Waals surface area contributed by atoms with Gasteiger partial charge in [0.1, 0.15) is 0 Å². The van der Waals surface area contributed by atoms with E-state index in [4.69, 9.17) is 0 Å². The van der Waals surface area contributed by atoms with Gasteiger partial charge in [0.15, 0.2) is 0 Å². The second-order valence-electron chi connectivity index (χ2n) is 5.14. The van der Waals surface area contributed by atoms with E-state index in [9.17, 15) is 13.9 Å². The van der Waals surface area contributed by atoms with Crippen molar-refractivity contribution in [3.8, 4) is 0 Å². The predicted molar refractivity (Wildman–Crippen MR) is 74.3 cm³/mol. The summed E-state index contributed by atoms with van der Waals surface area (Å²) in [5.74, 6) is 0.463. The minimum absolute atomic E-state index is 0.0156. The van der Waals surface area contributed by atoms with Crippen LogP contribution in [-0.4, -0.2) is 5.11 Å². The summed E-state index contributed by atoms with van der Waals surface area (Å²) in [6.07, 6.45) is 1.96. The van der Waals surface area contributed by atoms with E-state index in [1.807, 2.05) is 0 Å². The van der Waals surface area contributed by atoms with E-state index >= 15 is 0 Å². The van der Waals surface area contributed by atoms with Crippen LogP contribution >= 0.6 is 0 Å². The average molecular weight is 270 g/mol. The first kappa shape index (κ1) is 16.1. The quantitative estimate of drug-likeness (QED) is 0.682. The highest BCUT2D eigenvalue weighted by molar-refractivity contribution is 5.26. The number of aliphatic hydroxyl groups is 1. The Balaban J connectivity index is 2.65. The standard InChI is InChI=1S/C16H24F2O/c1-3-5-7-12(4-2)10-15(19)13-8-6-9-14(11-13)16(17)18/h6,8-9,11-12,15-16,19H,3-5,7,10H2,1-2H3. The molecule has 0 aliphatic heterocycles. The van der Waals surface area contributed by atoms with E-state index in [-0.39, 0.29) is 5.56 Å². The summed E-state index contributed by atoms with van der Waals surface area (Å²) in [6, 6.07) is 6.13. The maximum Gasteiger partial charge on any atom is 0.263 e. The van der Waals surface area contributed by atoms with Crippen molar-refractivity contribution in [3.63, 3.8) is 0 Å². The number of rotatable bonds is 8. The summed E-state index contributed by atoms with van der Waals surface area (Å²) in [5, 5.41) is 10.2. The minimum atomic E-state index is -2.48. The number of alkyl halides is 2. The molecule has 0 spiro atoms. The van der Waals surface area contributed by atoms with Crippen molar-refractivity contribution in [2.24, 2.45) is 5.92 Å². The van der Waals surface area contributed by atoms with Gasteiger partial charge < -0.3 is 5.11 Å². The van der Waals surface area contributed by atoms with Crippen molar-refractivity contribution in [1.29, 1.82) is 0 Å². The molecule has 19 heavy (non-hydrogen) atoms. The second-order valence-corrected chi connectivity index (χ2v) is 5.14. The van der Waals surface area contributed by atoms with Crippen molar-refractivity contribution in [3.05, 3.63) is 35.4 Å². The Kier molecular flexibility index (Phi) is 7.00. The van der Waals surface area contributed by atoms with E-state index in [0.717, 1.165) is 25.7 Å². The number of hydrogen-bond acceptors (Lipinski definition) is 1. The topological polar surface area (TPSA) is 20.2 Å². The Morgan fingerprint density at radius 3 is 2.42 bits per heavy atom. The van der Waals surface area contributed by atoms with Crippen LogP contribution < -0.4 is 0 Å².